The van der Waals surface area contributed by atoms with Crippen molar-refractivity contribution in [1.82, 2.24) is 10.2 Å². The van der Waals surface area contributed by atoms with E-state index in [1.54, 1.807) is 11.2 Å². The summed E-state index contributed by atoms with van der Waals surface area (Å²) in [6, 6.07) is 4.29. The Morgan fingerprint density at radius 1 is 1.61 bits per heavy atom. The van der Waals surface area contributed by atoms with E-state index in [1.165, 1.54) is 0 Å². The van der Waals surface area contributed by atoms with Gasteiger partial charge in [-0.3, -0.25) is 0 Å². The molecule has 1 aromatic heterocycles. The van der Waals surface area contributed by atoms with Gasteiger partial charge >= 0.3 is 6.09 Å². The van der Waals surface area contributed by atoms with Gasteiger partial charge in [-0.25, -0.2) is 4.79 Å². The van der Waals surface area contributed by atoms with Crippen LogP contribution < -0.4 is 5.32 Å². The third-order valence-corrected chi connectivity index (χ3v) is 3.82. The Morgan fingerprint density at radius 3 is 3.00 bits per heavy atom. The fourth-order valence-electron chi connectivity index (χ4n) is 2.75. The normalized spacial score (nSPS) is 19.6. The molecule has 0 bridgehead atoms. The smallest absolute Gasteiger partial charge is 0.410 e. The molecule has 1 aliphatic rings. The van der Waals surface area contributed by atoms with Gasteiger partial charge in [0, 0.05) is 19.1 Å². The van der Waals surface area contributed by atoms with Crippen LogP contribution >= 0.6 is 0 Å². The average molecular weight is 320 g/mol. The molecule has 1 N–H and O–H groups in total. The molecule has 128 valence electrons. The summed E-state index contributed by atoms with van der Waals surface area (Å²) in [6.07, 6.45) is 6.15. The molecule has 1 amide bonds. The molecule has 5 heteroatoms. The summed E-state index contributed by atoms with van der Waals surface area (Å²) in [7, 11) is 0. The maximum atomic E-state index is 12.1. The van der Waals surface area contributed by atoms with Gasteiger partial charge < -0.3 is 19.4 Å². The van der Waals surface area contributed by atoms with Gasteiger partial charge in [0.15, 0.2) is 0 Å². The van der Waals surface area contributed by atoms with Crippen LogP contribution in [0.15, 0.2) is 35.5 Å². The number of amides is 1. The van der Waals surface area contributed by atoms with Crippen LogP contribution in [0.4, 0.5) is 4.79 Å². The highest BCUT2D eigenvalue weighted by Crippen LogP contribution is 2.23. The number of nitrogens with one attached hydrogen (secondary N) is 1. The Balaban J connectivity index is 1.89. The van der Waals surface area contributed by atoms with E-state index in [2.05, 4.69) is 11.9 Å². The minimum absolute atomic E-state index is 0.145. The minimum Gasteiger partial charge on any atom is -0.468 e. The van der Waals surface area contributed by atoms with Gasteiger partial charge in [0.05, 0.1) is 12.3 Å². The number of nitrogens with zero attached hydrogens (tertiary/aromatic N) is 1. The van der Waals surface area contributed by atoms with Crippen LogP contribution in [0.2, 0.25) is 0 Å². The molecule has 2 rings (SSSR count). The fourth-order valence-corrected chi connectivity index (χ4v) is 2.75. The molecular formula is C18H28N2O3. The van der Waals surface area contributed by atoms with Crippen molar-refractivity contribution in [1.29, 1.82) is 0 Å². The zero-order chi connectivity index (χ0) is 16.9. The molecule has 0 saturated carbocycles. The lowest BCUT2D eigenvalue weighted by Gasteiger charge is -2.25. The van der Waals surface area contributed by atoms with Crippen LogP contribution in [0.3, 0.4) is 0 Å². The van der Waals surface area contributed by atoms with E-state index < -0.39 is 5.60 Å². The van der Waals surface area contributed by atoms with E-state index in [4.69, 9.17) is 9.15 Å². The van der Waals surface area contributed by atoms with Gasteiger partial charge in [-0.2, -0.15) is 0 Å². The van der Waals surface area contributed by atoms with E-state index in [-0.39, 0.29) is 18.2 Å². The summed E-state index contributed by atoms with van der Waals surface area (Å²) in [4.78, 5) is 13.9. The van der Waals surface area contributed by atoms with Gasteiger partial charge in [0.1, 0.15) is 11.4 Å². The number of hydrogen-bond donors (Lipinski definition) is 1. The quantitative estimate of drug-likeness (QED) is 0.808. The van der Waals surface area contributed by atoms with Gasteiger partial charge in [-0.15, -0.1) is 6.58 Å². The Morgan fingerprint density at radius 2 is 2.39 bits per heavy atom. The van der Waals surface area contributed by atoms with E-state index in [9.17, 15) is 4.79 Å². The average Bonchev–Trinajstić information content (AvgIpc) is 3.12. The van der Waals surface area contributed by atoms with Crippen LogP contribution in [0, 0.1) is 0 Å². The topological polar surface area (TPSA) is 54.7 Å². The third kappa shape index (κ3) is 5.43. The Labute approximate surface area is 138 Å². The Bertz CT molecular complexity index is 505. The molecule has 1 aliphatic heterocycles. The van der Waals surface area contributed by atoms with Crippen molar-refractivity contribution in [2.45, 2.75) is 57.7 Å². The summed E-state index contributed by atoms with van der Waals surface area (Å²) in [5.41, 5.74) is -0.455. The highest BCUT2D eigenvalue weighted by molar-refractivity contribution is 5.68. The highest BCUT2D eigenvalue weighted by Gasteiger charge is 2.31. The van der Waals surface area contributed by atoms with Crippen molar-refractivity contribution in [3.63, 3.8) is 0 Å². The number of rotatable bonds is 6. The number of carbonyl (C=O) groups excluding carboxylic acids is 1. The first-order chi connectivity index (χ1) is 10.9. The Kier molecular flexibility index (Phi) is 5.88. The SMILES string of the molecule is C=CCC[C@H](N[C@H]1CCN(C(=O)OC(C)(C)C)C1)c1ccco1. The zero-order valence-electron chi connectivity index (χ0n) is 14.4. The van der Waals surface area contributed by atoms with E-state index in [1.807, 2.05) is 39.0 Å². The molecule has 1 saturated heterocycles. The second kappa shape index (κ2) is 7.68. The molecule has 0 radical (unpaired) electrons. The summed E-state index contributed by atoms with van der Waals surface area (Å²) in [5, 5.41) is 3.61. The molecule has 1 aromatic rings. The van der Waals surface area contributed by atoms with Crippen LogP contribution in [0.5, 0.6) is 0 Å². The molecule has 2 heterocycles. The van der Waals surface area contributed by atoms with Crippen molar-refractivity contribution >= 4 is 6.09 Å². The number of likely N-dealkylation sites (tertiary alicyclic amines) is 1. The molecule has 0 aliphatic carbocycles. The molecule has 0 spiro atoms. The third-order valence-electron chi connectivity index (χ3n) is 3.82. The lowest BCUT2D eigenvalue weighted by atomic mass is 10.1. The zero-order valence-corrected chi connectivity index (χ0v) is 14.4. The van der Waals surface area contributed by atoms with Gasteiger partial charge in [-0.05, 0) is 52.2 Å². The molecule has 23 heavy (non-hydrogen) atoms. The second-order valence-electron chi connectivity index (χ2n) is 7.01. The largest absolute Gasteiger partial charge is 0.468 e. The first kappa shape index (κ1) is 17.6. The van der Waals surface area contributed by atoms with Crippen LogP contribution in [-0.4, -0.2) is 35.7 Å². The lowest BCUT2D eigenvalue weighted by Crippen LogP contribution is -2.39. The summed E-state index contributed by atoms with van der Waals surface area (Å²) in [5.74, 6) is 0.933. The second-order valence-corrected chi connectivity index (χ2v) is 7.01. The maximum absolute atomic E-state index is 12.1. The number of carbonyl (C=O) groups is 1. The number of furan rings is 1. The Hall–Kier alpha value is -1.75. The van der Waals surface area contributed by atoms with Crippen molar-refractivity contribution in [2.24, 2.45) is 0 Å². The summed E-state index contributed by atoms with van der Waals surface area (Å²) >= 11 is 0. The first-order valence-corrected chi connectivity index (χ1v) is 8.27. The maximum Gasteiger partial charge on any atom is 0.410 e. The van der Waals surface area contributed by atoms with E-state index in [0.29, 0.717) is 6.54 Å². The summed E-state index contributed by atoms with van der Waals surface area (Å²) < 4.78 is 11.0. The monoisotopic (exact) mass is 320 g/mol. The van der Waals surface area contributed by atoms with Crippen LogP contribution in [0.1, 0.15) is 51.8 Å². The fraction of sp³-hybridized carbons (Fsp3) is 0.611. The first-order valence-electron chi connectivity index (χ1n) is 8.27. The van der Waals surface area contributed by atoms with Gasteiger partial charge in [0.2, 0.25) is 0 Å². The van der Waals surface area contributed by atoms with Crippen molar-refractivity contribution < 1.29 is 13.9 Å². The van der Waals surface area contributed by atoms with Crippen LogP contribution in [0.25, 0.3) is 0 Å². The molecule has 5 nitrogen and oxygen atoms in total. The predicted molar refractivity (Wildman–Crippen MR) is 90.2 cm³/mol. The van der Waals surface area contributed by atoms with Crippen LogP contribution in [-0.2, 0) is 4.74 Å². The number of allylic oxidation sites excluding steroid dienone is 1. The molecule has 0 aromatic carbocycles. The number of hydrogen-bond acceptors (Lipinski definition) is 4. The lowest BCUT2D eigenvalue weighted by molar-refractivity contribution is 0.0290. The highest BCUT2D eigenvalue weighted by atomic mass is 16.6. The molecule has 2 atom stereocenters. The van der Waals surface area contributed by atoms with E-state index >= 15 is 0 Å². The van der Waals surface area contributed by atoms with Crippen molar-refractivity contribution in [3.8, 4) is 0 Å². The molecule has 0 unspecified atom stereocenters. The van der Waals surface area contributed by atoms with Gasteiger partial charge in [0.25, 0.3) is 0 Å². The molecular weight excluding hydrogens is 292 g/mol. The minimum atomic E-state index is -0.455. The van der Waals surface area contributed by atoms with Gasteiger partial charge in [-0.1, -0.05) is 6.08 Å². The number of ether oxygens (including phenoxy) is 1. The molecule has 1 fully saturated rings. The van der Waals surface area contributed by atoms with Crippen molar-refractivity contribution in [2.75, 3.05) is 13.1 Å². The summed E-state index contributed by atoms with van der Waals surface area (Å²) in [6.45, 7) is 10.8. The predicted octanol–water partition coefficient (Wildman–Crippen LogP) is 3.89. The van der Waals surface area contributed by atoms with E-state index in [0.717, 1.165) is 31.6 Å². The standard InChI is InChI=1S/C18H28N2O3/c1-5-6-8-15(16-9-7-12-22-16)19-14-10-11-20(13-14)17(21)23-18(2,3)4/h5,7,9,12,14-15,19H,1,6,8,10-11,13H2,2-4H3/t14-,15-/m0/s1. The van der Waals surface area contributed by atoms with Crippen molar-refractivity contribution in [3.05, 3.63) is 36.8 Å².